The molecule has 6 nitrogen and oxygen atoms in total. The Morgan fingerprint density at radius 3 is 2.56 bits per heavy atom. The van der Waals surface area contributed by atoms with Crippen LogP contribution in [0.1, 0.15) is 13.3 Å². The van der Waals surface area contributed by atoms with Gasteiger partial charge in [0.15, 0.2) is 0 Å². The van der Waals surface area contributed by atoms with Crippen molar-refractivity contribution in [2.75, 3.05) is 51.7 Å². The van der Waals surface area contributed by atoms with Crippen molar-refractivity contribution in [2.24, 2.45) is 0 Å². The standard InChI is InChI=1S/C11H21N3O3S/c1-2-18(15,16)14(5-3-4-12)7-6-13-8-10-17-11-9-13/h2-3,5-11H2,1H3. The first-order chi connectivity index (χ1) is 8.60. The fourth-order valence-electron chi connectivity index (χ4n) is 1.82. The lowest BCUT2D eigenvalue weighted by Gasteiger charge is -2.29. The average Bonchev–Trinajstić information content (AvgIpc) is 2.39. The minimum atomic E-state index is -3.21. The van der Waals surface area contributed by atoms with Crippen LogP contribution in [0.5, 0.6) is 0 Å². The van der Waals surface area contributed by atoms with Gasteiger partial charge in [0.25, 0.3) is 0 Å². The molecule has 104 valence electrons. The van der Waals surface area contributed by atoms with E-state index in [-0.39, 0.29) is 18.7 Å². The SMILES string of the molecule is CCS(=O)(=O)N(CCC#N)CCN1CCOCC1. The van der Waals surface area contributed by atoms with Crippen LogP contribution in [0.15, 0.2) is 0 Å². The fraction of sp³-hybridized carbons (Fsp3) is 0.909. The number of sulfonamides is 1. The number of rotatable bonds is 7. The van der Waals surface area contributed by atoms with Crippen LogP contribution < -0.4 is 0 Å². The van der Waals surface area contributed by atoms with Gasteiger partial charge in [0.05, 0.1) is 25.0 Å². The molecule has 0 radical (unpaired) electrons. The van der Waals surface area contributed by atoms with Crippen LogP contribution in [-0.2, 0) is 14.8 Å². The number of nitriles is 1. The summed E-state index contributed by atoms with van der Waals surface area (Å²) in [4.78, 5) is 2.19. The minimum absolute atomic E-state index is 0.0849. The molecule has 1 fully saturated rings. The summed E-state index contributed by atoms with van der Waals surface area (Å²) < 4.78 is 30.4. The van der Waals surface area contributed by atoms with E-state index in [0.29, 0.717) is 26.3 Å². The molecule has 0 N–H and O–H groups in total. The second kappa shape index (κ2) is 7.69. The van der Waals surface area contributed by atoms with Crippen molar-refractivity contribution in [1.29, 1.82) is 5.26 Å². The van der Waals surface area contributed by atoms with Gasteiger partial charge in [-0.2, -0.15) is 9.57 Å². The zero-order valence-electron chi connectivity index (χ0n) is 10.8. The second-order valence-electron chi connectivity index (χ2n) is 4.16. The molecule has 1 rings (SSSR count). The Labute approximate surface area is 109 Å². The molecule has 0 atom stereocenters. The third kappa shape index (κ3) is 4.90. The zero-order chi connectivity index (χ0) is 13.4. The van der Waals surface area contributed by atoms with Crippen LogP contribution >= 0.6 is 0 Å². The van der Waals surface area contributed by atoms with Crippen LogP contribution in [0.25, 0.3) is 0 Å². The molecular weight excluding hydrogens is 254 g/mol. The zero-order valence-corrected chi connectivity index (χ0v) is 11.7. The summed E-state index contributed by atoms with van der Waals surface area (Å²) in [5.41, 5.74) is 0. The van der Waals surface area contributed by atoms with Crippen molar-refractivity contribution in [1.82, 2.24) is 9.21 Å². The van der Waals surface area contributed by atoms with Crippen LogP contribution in [-0.4, -0.2) is 69.3 Å². The Kier molecular flexibility index (Phi) is 6.57. The summed E-state index contributed by atoms with van der Waals surface area (Å²) in [5.74, 6) is 0.0849. The number of morpholine rings is 1. The van der Waals surface area contributed by atoms with E-state index in [9.17, 15) is 8.42 Å². The van der Waals surface area contributed by atoms with Crippen molar-refractivity contribution in [3.8, 4) is 6.07 Å². The first kappa shape index (κ1) is 15.4. The molecule has 7 heteroatoms. The van der Waals surface area contributed by atoms with Crippen molar-refractivity contribution in [3.63, 3.8) is 0 Å². The Bertz CT molecular complexity index is 371. The lowest BCUT2D eigenvalue weighted by Crippen LogP contribution is -2.43. The Morgan fingerprint density at radius 1 is 1.33 bits per heavy atom. The molecule has 0 aromatic heterocycles. The van der Waals surface area contributed by atoms with E-state index in [0.717, 1.165) is 13.1 Å². The van der Waals surface area contributed by atoms with E-state index < -0.39 is 10.0 Å². The minimum Gasteiger partial charge on any atom is -0.379 e. The number of hydrogen-bond acceptors (Lipinski definition) is 5. The predicted octanol–water partition coefficient (Wildman–Crippen LogP) is -0.116. The van der Waals surface area contributed by atoms with E-state index >= 15 is 0 Å². The van der Waals surface area contributed by atoms with E-state index in [2.05, 4.69) is 4.90 Å². The Hall–Kier alpha value is -0.680. The summed E-state index contributed by atoms with van der Waals surface area (Å²) in [6, 6.07) is 1.99. The third-order valence-electron chi connectivity index (χ3n) is 3.00. The molecule has 0 aliphatic carbocycles. The summed E-state index contributed by atoms with van der Waals surface area (Å²) in [7, 11) is -3.21. The van der Waals surface area contributed by atoms with Gasteiger partial charge in [0, 0.05) is 39.1 Å². The van der Waals surface area contributed by atoms with Crippen molar-refractivity contribution >= 4 is 10.0 Å². The fourth-order valence-corrected chi connectivity index (χ4v) is 2.92. The molecule has 0 bridgehead atoms. The topological polar surface area (TPSA) is 73.6 Å². The molecule has 1 saturated heterocycles. The maximum atomic E-state index is 11.9. The smallest absolute Gasteiger partial charge is 0.213 e. The van der Waals surface area contributed by atoms with Gasteiger partial charge in [0.2, 0.25) is 10.0 Å². The molecule has 0 spiro atoms. The molecule has 1 heterocycles. The number of nitrogens with zero attached hydrogens (tertiary/aromatic N) is 3. The normalized spacial score (nSPS) is 17.8. The lowest BCUT2D eigenvalue weighted by atomic mass is 10.4. The van der Waals surface area contributed by atoms with Crippen LogP contribution in [0.2, 0.25) is 0 Å². The van der Waals surface area contributed by atoms with E-state index in [4.69, 9.17) is 10.00 Å². The summed E-state index contributed by atoms with van der Waals surface area (Å²) in [6.45, 7) is 6.18. The largest absolute Gasteiger partial charge is 0.379 e. The molecule has 0 saturated carbocycles. The first-order valence-corrected chi connectivity index (χ1v) is 7.86. The quantitative estimate of drug-likeness (QED) is 0.648. The van der Waals surface area contributed by atoms with Gasteiger partial charge in [-0.05, 0) is 6.92 Å². The van der Waals surface area contributed by atoms with Gasteiger partial charge in [0.1, 0.15) is 0 Å². The van der Waals surface area contributed by atoms with Crippen LogP contribution in [0.4, 0.5) is 0 Å². The summed E-state index contributed by atoms with van der Waals surface area (Å²) in [5, 5.41) is 8.57. The maximum Gasteiger partial charge on any atom is 0.213 e. The van der Waals surface area contributed by atoms with Crippen LogP contribution in [0.3, 0.4) is 0 Å². The highest BCUT2D eigenvalue weighted by Gasteiger charge is 2.20. The second-order valence-corrected chi connectivity index (χ2v) is 6.42. The highest BCUT2D eigenvalue weighted by atomic mass is 32.2. The molecule has 0 unspecified atom stereocenters. The Morgan fingerprint density at radius 2 is 2.00 bits per heavy atom. The molecule has 0 aromatic carbocycles. The first-order valence-electron chi connectivity index (χ1n) is 6.25. The summed E-state index contributed by atoms with van der Waals surface area (Å²) in [6.07, 6.45) is 0.238. The van der Waals surface area contributed by atoms with E-state index in [1.54, 1.807) is 6.92 Å². The Balaban J connectivity index is 2.47. The van der Waals surface area contributed by atoms with Gasteiger partial charge in [-0.25, -0.2) is 8.42 Å². The molecule has 18 heavy (non-hydrogen) atoms. The molecule has 0 amide bonds. The molecule has 1 aliphatic rings. The van der Waals surface area contributed by atoms with Gasteiger partial charge in [-0.15, -0.1) is 0 Å². The van der Waals surface area contributed by atoms with Gasteiger partial charge >= 0.3 is 0 Å². The lowest BCUT2D eigenvalue weighted by molar-refractivity contribution is 0.0363. The molecule has 1 aliphatic heterocycles. The van der Waals surface area contributed by atoms with Crippen molar-refractivity contribution < 1.29 is 13.2 Å². The van der Waals surface area contributed by atoms with E-state index in [1.165, 1.54) is 4.31 Å². The third-order valence-corrected chi connectivity index (χ3v) is 4.88. The molecular formula is C11H21N3O3S. The van der Waals surface area contributed by atoms with Crippen LogP contribution in [0, 0.1) is 11.3 Å². The monoisotopic (exact) mass is 275 g/mol. The molecule has 0 aromatic rings. The van der Waals surface area contributed by atoms with Crippen molar-refractivity contribution in [2.45, 2.75) is 13.3 Å². The van der Waals surface area contributed by atoms with E-state index in [1.807, 2.05) is 6.07 Å². The summed E-state index contributed by atoms with van der Waals surface area (Å²) >= 11 is 0. The van der Waals surface area contributed by atoms with Gasteiger partial charge in [-0.3, -0.25) is 4.90 Å². The maximum absolute atomic E-state index is 11.9. The highest BCUT2D eigenvalue weighted by molar-refractivity contribution is 7.89. The number of hydrogen-bond donors (Lipinski definition) is 0. The van der Waals surface area contributed by atoms with Crippen molar-refractivity contribution in [3.05, 3.63) is 0 Å². The number of ether oxygens (including phenoxy) is 1. The average molecular weight is 275 g/mol. The van der Waals surface area contributed by atoms with Gasteiger partial charge in [-0.1, -0.05) is 0 Å². The predicted molar refractivity (Wildman–Crippen MR) is 68.5 cm³/mol. The highest BCUT2D eigenvalue weighted by Crippen LogP contribution is 2.04. The van der Waals surface area contributed by atoms with Gasteiger partial charge < -0.3 is 4.74 Å².